The van der Waals surface area contributed by atoms with E-state index in [4.69, 9.17) is 5.11 Å². The van der Waals surface area contributed by atoms with Crippen molar-refractivity contribution in [3.05, 3.63) is 40.6 Å². The highest BCUT2D eigenvalue weighted by Crippen LogP contribution is 2.29. The maximum Gasteiger partial charge on any atom is 0.278 e. The molecule has 19 heavy (non-hydrogen) atoms. The number of aliphatic hydroxyl groups excluding tert-OH is 1. The maximum atomic E-state index is 10.9. The van der Waals surface area contributed by atoms with E-state index in [9.17, 15) is 10.1 Å². The number of nitro benzene ring substituents is 1. The van der Waals surface area contributed by atoms with Crippen LogP contribution in [0.4, 0.5) is 11.4 Å². The summed E-state index contributed by atoms with van der Waals surface area (Å²) in [4.78, 5) is 14.7. The van der Waals surface area contributed by atoms with Crippen LogP contribution >= 0.6 is 12.4 Å². The van der Waals surface area contributed by atoms with Gasteiger partial charge in [0.25, 0.3) is 5.69 Å². The van der Waals surface area contributed by atoms with Crippen LogP contribution in [0.3, 0.4) is 0 Å². The molecule has 0 saturated heterocycles. The molecule has 0 atom stereocenters. The molecule has 0 spiro atoms. The summed E-state index contributed by atoms with van der Waals surface area (Å²) >= 11 is 0. The van der Waals surface area contributed by atoms with E-state index >= 15 is 0 Å². The van der Waals surface area contributed by atoms with Crippen molar-refractivity contribution in [3.63, 3.8) is 0 Å². The van der Waals surface area contributed by atoms with Gasteiger partial charge in [-0.3, -0.25) is 15.1 Å². The molecule has 0 bridgehead atoms. The van der Waals surface area contributed by atoms with Crippen LogP contribution < -0.4 is 5.32 Å². The highest BCUT2D eigenvalue weighted by molar-refractivity contribution is 5.96. The van der Waals surface area contributed by atoms with Crippen LogP contribution in [0.1, 0.15) is 6.42 Å². The van der Waals surface area contributed by atoms with Crippen LogP contribution in [0.15, 0.2) is 30.5 Å². The number of aromatic nitrogens is 1. The first-order valence-corrected chi connectivity index (χ1v) is 5.61. The molecule has 2 aromatic rings. The van der Waals surface area contributed by atoms with Gasteiger partial charge in [0.1, 0.15) is 5.52 Å². The first-order valence-electron chi connectivity index (χ1n) is 5.61. The molecule has 0 aliphatic heterocycles. The van der Waals surface area contributed by atoms with E-state index in [0.29, 0.717) is 23.9 Å². The predicted octanol–water partition coefficient (Wildman–Crippen LogP) is 2.36. The van der Waals surface area contributed by atoms with Crippen molar-refractivity contribution in [2.24, 2.45) is 0 Å². The third kappa shape index (κ3) is 3.30. The number of halogens is 1. The number of nitrogens with zero attached hydrogens (tertiary/aromatic N) is 2. The molecule has 2 N–H and O–H groups in total. The van der Waals surface area contributed by atoms with Gasteiger partial charge in [0.2, 0.25) is 0 Å². The van der Waals surface area contributed by atoms with Crippen molar-refractivity contribution in [2.75, 3.05) is 18.5 Å². The summed E-state index contributed by atoms with van der Waals surface area (Å²) in [6.07, 6.45) is 2.22. The summed E-state index contributed by atoms with van der Waals surface area (Å²) in [6.45, 7) is 0.700. The van der Waals surface area contributed by atoms with E-state index in [1.807, 2.05) is 0 Å². The third-order valence-electron chi connectivity index (χ3n) is 2.59. The quantitative estimate of drug-likeness (QED) is 0.499. The molecule has 0 unspecified atom stereocenters. The molecule has 102 valence electrons. The van der Waals surface area contributed by atoms with Gasteiger partial charge in [-0.1, -0.05) is 0 Å². The molecule has 0 radical (unpaired) electrons. The van der Waals surface area contributed by atoms with Crippen molar-refractivity contribution >= 4 is 34.7 Å². The first kappa shape index (κ1) is 15.1. The smallest absolute Gasteiger partial charge is 0.278 e. The first-order chi connectivity index (χ1) is 8.74. The van der Waals surface area contributed by atoms with Crippen LogP contribution in [0.25, 0.3) is 10.9 Å². The van der Waals surface area contributed by atoms with Crippen LogP contribution in [0.5, 0.6) is 0 Å². The lowest BCUT2D eigenvalue weighted by atomic mass is 10.1. The minimum Gasteiger partial charge on any atom is -0.396 e. The van der Waals surface area contributed by atoms with Crippen molar-refractivity contribution in [3.8, 4) is 0 Å². The molecular formula is C12H14ClN3O3. The number of nitrogens with one attached hydrogen (secondary N) is 1. The minimum absolute atomic E-state index is 0. The van der Waals surface area contributed by atoms with Crippen LogP contribution in [-0.2, 0) is 0 Å². The number of benzene rings is 1. The van der Waals surface area contributed by atoms with E-state index in [1.165, 1.54) is 6.07 Å². The van der Waals surface area contributed by atoms with E-state index in [0.717, 1.165) is 5.69 Å². The Morgan fingerprint density at radius 2 is 2.16 bits per heavy atom. The van der Waals surface area contributed by atoms with Crippen molar-refractivity contribution in [1.82, 2.24) is 4.98 Å². The average Bonchev–Trinajstić information content (AvgIpc) is 2.38. The second-order valence-corrected chi connectivity index (χ2v) is 3.79. The zero-order chi connectivity index (χ0) is 13.0. The number of anilines is 1. The Balaban J connectivity index is 0.00000180. The van der Waals surface area contributed by atoms with E-state index in [1.54, 1.807) is 24.4 Å². The number of hydrogen-bond acceptors (Lipinski definition) is 5. The number of rotatable bonds is 5. The van der Waals surface area contributed by atoms with Crippen molar-refractivity contribution in [2.45, 2.75) is 6.42 Å². The van der Waals surface area contributed by atoms with E-state index < -0.39 is 4.92 Å². The molecule has 1 aromatic heterocycles. The Morgan fingerprint density at radius 1 is 1.37 bits per heavy atom. The normalized spacial score (nSPS) is 9.95. The largest absolute Gasteiger partial charge is 0.396 e. The van der Waals surface area contributed by atoms with Gasteiger partial charge in [0, 0.05) is 25.4 Å². The van der Waals surface area contributed by atoms with Gasteiger partial charge in [-0.2, -0.15) is 0 Å². The fourth-order valence-corrected chi connectivity index (χ4v) is 1.76. The Morgan fingerprint density at radius 3 is 2.84 bits per heavy atom. The number of fused-ring (bicyclic) bond motifs is 1. The topological polar surface area (TPSA) is 88.3 Å². The Labute approximate surface area is 116 Å². The van der Waals surface area contributed by atoms with Crippen molar-refractivity contribution in [1.29, 1.82) is 0 Å². The number of hydrogen-bond donors (Lipinski definition) is 2. The second-order valence-electron chi connectivity index (χ2n) is 3.79. The van der Waals surface area contributed by atoms with Crippen LogP contribution in [-0.4, -0.2) is 28.2 Å². The van der Waals surface area contributed by atoms with E-state index in [-0.39, 0.29) is 24.7 Å². The fraction of sp³-hybridized carbons (Fsp3) is 0.250. The van der Waals surface area contributed by atoms with Crippen LogP contribution in [0, 0.1) is 10.1 Å². The molecular weight excluding hydrogens is 270 g/mol. The lowest BCUT2D eigenvalue weighted by Gasteiger charge is -2.08. The van der Waals surface area contributed by atoms with Gasteiger partial charge >= 0.3 is 0 Å². The highest BCUT2D eigenvalue weighted by atomic mass is 35.5. The molecule has 0 aliphatic rings. The monoisotopic (exact) mass is 283 g/mol. The third-order valence-corrected chi connectivity index (χ3v) is 2.59. The summed E-state index contributed by atoms with van der Waals surface area (Å²) in [6, 6.07) is 6.46. The summed E-state index contributed by atoms with van der Waals surface area (Å²) in [7, 11) is 0. The summed E-state index contributed by atoms with van der Waals surface area (Å²) in [5.41, 5.74) is 1.36. The Hall–Kier alpha value is -1.92. The zero-order valence-corrected chi connectivity index (χ0v) is 10.9. The number of non-ortho nitro benzene ring substituents is 1. The molecule has 6 nitrogen and oxygen atoms in total. The lowest BCUT2D eigenvalue weighted by molar-refractivity contribution is -0.383. The molecule has 0 aliphatic carbocycles. The number of aliphatic hydroxyl groups is 1. The Kier molecular flexibility index (Phi) is 5.47. The second kappa shape index (κ2) is 6.86. The molecule has 1 aromatic carbocycles. The summed E-state index contributed by atoms with van der Waals surface area (Å²) in [5.74, 6) is 0. The van der Waals surface area contributed by atoms with Crippen LogP contribution in [0.2, 0.25) is 0 Å². The van der Waals surface area contributed by atoms with E-state index in [2.05, 4.69) is 10.3 Å². The van der Waals surface area contributed by atoms with Crippen molar-refractivity contribution < 1.29 is 10.0 Å². The zero-order valence-electron chi connectivity index (χ0n) is 10.1. The van der Waals surface area contributed by atoms with Gasteiger partial charge in [-0.15, -0.1) is 12.4 Å². The molecule has 0 fully saturated rings. The lowest BCUT2D eigenvalue weighted by Crippen LogP contribution is -2.04. The highest BCUT2D eigenvalue weighted by Gasteiger charge is 2.14. The van der Waals surface area contributed by atoms with Gasteiger partial charge in [-0.25, -0.2) is 0 Å². The van der Waals surface area contributed by atoms with Gasteiger partial charge in [-0.05, 0) is 24.6 Å². The number of nitro groups is 1. The van der Waals surface area contributed by atoms with Gasteiger partial charge < -0.3 is 10.4 Å². The summed E-state index contributed by atoms with van der Waals surface area (Å²) in [5, 5.41) is 23.3. The minimum atomic E-state index is -0.415. The molecule has 0 amide bonds. The fourth-order valence-electron chi connectivity index (χ4n) is 1.76. The number of pyridine rings is 1. The predicted molar refractivity (Wildman–Crippen MR) is 75.8 cm³/mol. The molecule has 0 saturated carbocycles. The van der Waals surface area contributed by atoms with Gasteiger partial charge in [0.05, 0.1) is 16.0 Å². The molecule has 2 rings (SSSR count). The SMILES string of the molecule is Cl.O=[N+]([O-])c1ccc(NCCCO)c2ncccc12. The Bertz CT molecular complexity index is 577. The van der Waals surface area contributed by atoms with Gasteiger partial charge in [0.15, 0.2) is 0 Å². The standard InChI is InChI=1S/C12H13N3O3.ClH/c16-8-2-7-13-10-4-5-11(15(17)18)9-3-1-6-14-12(9)10;/h1,3-6,13,16H,2,7-8H2;1H. The molecule has 7 heteroatoms. The summed E-state index contributed by atoms with van der Waals surface area (Å²) < 4.78 is 0. The molecule has 1 heterocycles. The maximum absolute atomic E-state index is 10.9. The average molecular weight is 284 g/mol.